The van der Waals surface area contributed by atoms with Crippen LogP contribution in [-0.2, 0) is 0 Å². The van der Waals surface area contributed by atoms with Crippen LogP contribution in [0, 0.1) is 11.8 Å². The number of anilines is 1. The lowest BCUT2D eigenvalue weighted by Crippen LogP contribution is -2.47. The average Bonchev–Trinajstić information content (AvgIpc) is 3.03. The van der Waals surface area contributed by atoms with Crippen LogP contribution in [-0.4, -0.2) is 42.8 Å². The number of ether oxygens (including phenoxy) is 1. The summed E-state index contributed by atoms with van der Waals surface area (Å²) in [5.74, 6) is 2.87. The van der Waals surface area contributed by atoms with Crippen molar-refractivity contribution in [2.75, 3.05) is 31.6 Å². The quantitative estimate of drug-likeness (QED) is 0.869. The number of rotatable bonds is 4. The summed E-state index contributed by atoms with van der Waals surface area (Å²) in [7, 11) is 1.66. The van der Waals surface area contributed by atoms with Crippen LogP contribution in [0.1, 0.15) is 26.2 Å². The SMILES string of the molecule is CCC1CNNC1C1CCCN(c2nccnc2OC)C1. The zero-order valence-electron chi connectivity index (χ0n) is 12.9. The molecule has 3 heterocycles. The minimum absolute atomic E-state index is 0.556. The van der Waals surface area contributed by atoms with Gasteiger partial charge in [0.2, 0.25) is 0 Å². The lowest BCUT2D eigenvalue weighted by molar-refractivity contribution is 0.271. The largest absolute Gasteiger partial charge is 0.478 e. The highest BCUT2D eigenvalue weighted by Gasteiger charge is 2.35. The standard InChI is InChI=1S/C15H25N5O/c1-3-11-9-18-19-13(11)12-5-4-8-20(10-12)14-15(21-2)17-7-6-16-14/h6-7,11-13,18-19H,3-5,8-10H2,1-2H3. The minimum atomic E-state index is 0.556. The molecule has 6 heteroatoms. The maximum Gasteiger partial charge on any atom is 0.257 e. The molecule has 0 bridgehead atoms. The van der Waals surface area contributed by atoms with E-state index in [0.29, 0.717) is 17.8 Å². The molecule has 0 amide bonds. The maximum atomic E-state index is 5.36. The summed E-state index contributed by atoms with van der Waals surface area (Å²) in [6.07, 6.45) is 7.11. The first-order chi connectivity index (χ1) is 10.3. The molecule has 6 nitrogen and oxygen atoms in total. The van der Waals surface area contributed by atoms with Crippen LogP contribution in [0.4, 0.5) is 5.82 Å². The molecule has 0 aromatic carbocycles. The van der Waals surface area contributed by atoms with Gasteiger partial charge in [-0.2, -0.15) is 0 Å². The third-order valence-corrected chi connectivity index (χ3v) is 4.77. The summed E-state index contributed by atoms with van der Waals surface area (Å²) >= 11 is 0. The number of aromatic nitrogens is 2. The number of hydrogen-bond acceptors (Lipinski definition) is 6. The molecule has 2 fully saturated rings. The molecule has 0 saturated carbocycles. The minimum Gasteiger partial charge on any atom is -0.478 e. The van der Waals surface area contributed by atoms with Crippen LogP contribution in [0.15, 0.2) is 12.4 Å². The first-order valence-electron chi connectivity index (χ1n) is 7.91. The van der Waals surface area contributed by atoms with E-state index in [1.807, 2.05) is 0 Å². The Balaban J connectivity index is 1.73. The fourth-order valence-electron chi connectivity index (χ4n) is 3.63. The van der Waals surface area contributed by atoms with Gasteiger partial charge in [0.25, 0.3) is 5.88 Å². The van der Waals surface area contributed by atoms with Gasteiger partial charge < -0.3 is 9.64 Å². The van der Waals surface area contributed by atoms with Crippen LogP contribution in [0.3, 0.4) is 0 Å². The summed E-state index contributed by atoms with van der Waals surface area (Å²) in [6, 6.07) is 0.556. The molecule has 21 heavy (non-hydrogen) atoms. The summed E-state index contributed by atoms with van der Waals surface area (Å²) < 4.78 is 5.36. The normalized spacial score (nSPS) is 29.6. The Kier molecular flexibility index (Phi) is 4.55. The average molecular weight is 291 g/mol. The zero-order valence-corrected chi connectivity index (χ0v) is 12.9. The maximum absolute atomic E-state index is 5.36. The van der Waals surface area contributed by atoms with Crippen LogP contribution in [0.2, 0.25) is 0 Å². The predicted molar refractivity (Wildman–Crippen MR) is 82.2 cm³/mol. The zero-order chi connectivity index (χ0) is 14.7. The van der Waals surface area contributed by atoms with Gasteiger partial charge in [-0.15, -0.1) is 0 Å². The highest BCUT2D eigenvalue weighted by atomic mass is 16.5. The number of nitrogens with zero attached hydrogens (tertiary/aromatic N) is 3. The third-order valence-electron chi connectivity index (χ3n) is 4.77. The summed E-state index contributed by atoms with van der Waals surface area (Å²) in [4.78, 5) is 11.1. The molecule has 3 rings (SSSR count). The van der Waals surface area contributed by atoms with E-state index in [4.69, 9.17) is 4.74 Å². The van der Waals surface area contributed by atoms with Gasteiger partial charge in [-0.25, -0.2) is 9.97 Å². The van der Waals surface area contributed by atoms with E-state index in [2.05, 4.69) is 32.6 Å². The molecule has 0 spiro atoms. The topological polar surface area (TPSA) is 62.3 Å². The van der Waals surface area contributed by atoms with Crippen molar-refractivity contribution in [1.29, 1.82) is 0 Å². The van der Waals surface area contributed by atoms with E-state index >= 15 is 0 Å². The van der Waals surface area contributed by atoms with Crippen LogP contribution >= 0.6 is 0 Å². The molecule has 116 valence electrons. The van der Waals surface area contributed by atoms with Gasteiger partial charge in [-0.1, -0.05) is 13.3 Å². The predicted octanol–water partition coefficient (Wildman–Crippen LogP) is 1.20. The van der Waals surface area contributed by atoms with E-state index in [0.717, 1.165) is 31.4 Å². The van der Waals surface area contributed by atoms with Crippen LogP contribution in [0.25, 0.3) is 0 Å². The third kappa shape index (κ3) is 2.96. The van der Waals surface area contributed by atoms with Gasteiger partial charge in [-0.3, -0.25) is 10.9 Å². The van der Waals surface area contributed by atoms with Crippen molar-refractivity contribution in [2.45, 2.75) is 32.2 Å². The second-order valence-corrected chi connectivity index (χ2v) is 5.96. The molecule has 0 radical (unpaired) electrons. The summed E-state index contributed by atoms with van der Waals surface area (Å²) in [5.41, 5.74) is 6.81. The second kappa shape index (κ2) is 6.58. The number of piperidine rings is 1. The van der Waals surface area contributed by atoms with Gasteiger partial charge in [0.05, 0.1) is 7.11 Å². The van der Waals surface area contributed by atoms with E-state index in [-0.39, 0.29) is 0 Å². The molecule has 2 saturated heterocycles. The Hall–Kier alpha value is -1.40. The first kappa shape index (κ1) is 14.5. The van der Waals surface area contributed by atoms with Crippen molar-refractivity contribution in [3.05, 3.63) is 12.4 Å². The van der Waals surface area contributed by atoms with Gasteiger partial charge >= 0.3 is 0 Å². The number of methoxy groups -OCH3 is 1. The van der Waals surface area contributed by atoms with Crippen LogP contribution < -0.4 is 20.5 Å². The second-order valence-electron chi connectivity index (χ2n) is 5.96. The number of hydrazine groups is 1. The lowest BCUT2D eigenvalue weighted by atomic mass is 9.83. The molecule has 3 unspecified atom stereocenters. The summed E-state index contributed by atoms with van der Waals surface area (Å²) in [5, 5.41) is 0. The highest BCUT2D eigenvalue weighted by molar-refractivity contribution is 5.48. The van der Waals surface area contributed by atoms with Gasteiger partial charge in [0.15, 0.2) is 5.82 Å². The van der Waals surface area contributed by atoms with Crippen molar-refractivity contribution >= 4 is 5.82 Å². The molecule has 2 aliphatic rings. The molecular formula is C15H25N5O. The van der Waals surface area contributed by atoms with E-state index in [1.54, 1.807) is 19.5 Å². The number of hydrogen-bond donors (Lipinski definition) is 2. The fourth-order valence-corrected chi connectivity index (χ4v) is 3.63. The lowest BCUT2D eigenvalue weighted by Gasteiger charge is -2.37. The first-order valence-corrected chi connectivity index (χ1v) is 7.91. The Labute approximate surface area is 126 Å². The molecule has 1 aromatic heterocycles. The molecule has 2 aliphatic heterocycles. The Morgan fingerprint density at radius 3 is 3.05 bits per heavy atom. The van der Waals surface area contributed by atoms with Gasteiger partial charge in [0, 0.05) is 38.1 Å². The molecule has 3 atom stereocenters. The molecular weight excluding hydrogens is 266 g/mol. The van der Waals surface area contributed by atoms with E-state index < -0.39 is 0 Å². The molecule has 0 aliphatic carbocycles. The van der Waals surface area contributed by atoms with Crippen molar-refractivity contribution < 1.29 is 4.74 Å². The van der Waals surface area contributed by atoms with Crippen molar-refractivity contribution in [3.8, 4) is 5.88 Å². The Bertz CT molecular complexity index is 469. The summed E-state index contributed by atoms with van der Waals surface area (Å²) in [6.45, 7) is 5.40. The smallest absolute Gasteiger partial charge is 0.257 e. The monoisotopic (exact) mass is 291 g/mol. The Morgan fingerprint density at radius 2 is 2.24 bits per heavy atom. The van der Waals surface area contributed by atoms with Crippen molar-refractivity contribution in [2.24, 2.45) is 11.8 Å². The van der Waals surface area contributed by atoms with Gasteiger partial charge in [0.1, 0.15) is 0 Å². The number of nitrogens with one attached hydrogen (secondary N) is 2. The van der Waals surface area contributed by atoms with Crippen molar-refractivity contribution in [3.63, 3.8) is 0 Å². The van der Waals surface area contributed by atoms with E-state index in [9.17, 15) is 0 Å². The van der Waals surface area contributed by atoms with Gasteiger partial charge in [-0.05, 0) is 24.7 Å². The fraction of sp³-hybridized carbons (Fsp3) is 0.733. The molecule has 2 N–H and O–H groups in total. The van der Waals surface area contributed by atoms with Crippen molar-refractivity contribution in [1.82, 2.24) is 20.8 Å². The molecule has 1 aromatic rings. The highest BCUT2D eigenvalue weighted by Crippen LogP contribution is 2.31. The van der Waals surface area contributed by atoms with E-state index in [1.165, 1.54) is 19.3 Å². The Morgan fingerprint density at radius 1 is 1.38 bits per heavy atom. The van der Waals surface area contributed by atoms with Crippen LogP contribution in [0.5, 0.6) is 5.88 Å².